The first-order valence-corrected chi connectivity index (χ1v) is 15.6. The van der Waals surface area contributed by atoms with Crippen molar-refractivity contribution in [2.75, 3.05) is 23.7 Å². The predicted octanol–water partition coefficient (Wildman–Crippen LogP) is 5.68. The normalized spacial score (nSPS) is 12.3. The van der Waals surface area contributed by atoms with Gasteiger partial charge in [-0.3, -0.25) is 13.9 Å². The third-order valence-electron chi connectivity index (χ3n) is 6.19. The van der Waals surface area contributed by atoms with Gasteiger partial charge in [-0.15, -0.1) is 0 Å². The Kier molecular flexibility index (Phi) is 12.4. The molecular weight excluding hydrogens is 545 g/mol. The van der Waals surface area contributed by atoms with Gasteiger partial charge >= 0.3 is 0 Å². The van der Waals surface area contributed by atoms with Gasteiger partial charge < -0.3 is 10.2 Å². The topological polar surface area (TPSA) is 86.8 Å². The Hall–Kier alpha value is -2.29. The molecule has 0 spiro atoms. The second-order valence-electron chi connectivity index (χ2n) is 9.79. The van der Waals surface area contributed by atoms with Crippen LogP contribution < -0.4 is 9.62 Å². The highest BCUT2D eigenvalue weighted by atomic mass is 35.5. The predicted molar refractivity (Wildman–Crippen MR) is 156 cm³/mol. The summed E-state index contributed by atoms with van der Waals surface area (Å²) in [5.74, 6) is -0.190. The molecule has 0 radical (unpaired) electrons. The Labute approximate surface area is 237 Å². The van der Waals surface area contributed by atoms with Crippen molar-refractivity contribution in [2.45, 2.75) is 66.0 Å². The molecule has 0 aliphatic heterocycles. The first-order valence-electron chi connectivity index (χ1n) is 12.9. The third-order valence-corrected chi connectivity index (χ3v) is 8.13. The summed E-state index contributed by atoms with van der Waals surface area (Å²) < 4.78 is 26.4. The molecule has 2 amide bonds. The summed E-state index contributed by atoms with van der Waals surface area (Å²) in [6.07, 6.45) is 2.81. The second kappa shape index (κ2) is 14.8. The minimum absolute atomic E-state index is 0.0777. The molecule has 1 unspecified atom stereocenters. The maximum atomic E-state index is 13.5. The number of carbonyl (C=O) groups excluding carboxylic acids is 2. The fourth-order valence-corrected chi connectivity index (χ4v) is 5.36. The van der Waals surface area contributed by atoms with Crippen molar-refractivity contribution < 1.29 is 18.0 Å². The summed E-state index contributed by atoms with van der Waals surface area (Å²) >= 11 is 12.3. The smallest absolute Gasteiger partial charge is 0.242 e. The lowest BCUT2D eigenvalue weighted by Crippen LogP contribution is -2.49. The minimum atomic E-state index is -3.55. The summed E-state index contributed by atoms with van der Waals surface area (Å²) in [5.41, 5.74) is 2.41. The Balaban J connectivity index is 2.23. The Morgan fingerprint density at radius 3 is 2.13 bits per heavy atom. The molecule has 0 saturated carbocycles. The van der Waals surface area contributed by atoms with E-state index in [2.05, 4.69) is 5.32 Å². The van der Waals surface area contributed by atoms with Gasteiger partial charge in [0.1, 0.15) is 6.04 Å². The fourth-order valence-electron chi connectivity index (χ4n) is 4.08. The molecule has 0 bridgehead atoms. The van der Waals surface area contributed by atoms with Crippen LogP contribution >= 0.6 is 23.2 Å². The third kappa shape index (κ3) is 9.47. The highest BCUT2D eigenvalue weighted by Gasteiger charge is 2.29. The van der Waals surface area contributed by atoms with Gasteiger partial charge in [-0.2, -0.15) is 0 Å². The molecule has 0 aromatic heterocycles. The van der Waals surface area contributed by atoms with Crippen molar-refractivity contribution in [1.82, 2.24) is 10.2 Å². The molecular formula is C28H39Cl2N3O4S. The number of hydrogen-bond acceptors (Lipinski definition) is 4. The van der Waals surface area contributed by atoms with Crippen LogP contribution in [0.2, 0.25) is 10.0 Å². The molecule has 0 heterocycles. The van der Waals surface area contributed by atoms with Gasteiger partial charge in [-0.1, -0.05) is 69.1 Å². The average Bonchev–Trinajstić information content (AvgIpc) is 2.86. The van der Waals surface area contributed by atoms with E-state index in [0.29, 0.717) is 35.1 Å². The number of sulfonamides is 1. The number of rotatable bonds is 14. The minimum Gasteiger partial charge on any atom is -0.354 e. The summed E-state index contributed by atoms with van der Waals surface area (Å²) in [6.45, 7) is 8.73. The number of nitrogens with one attached hydrogen (secondary N) is 1. The molecule has 0 fully saturated rings. The van der Waals surface area contributed by atoms with Crippen LogP contribution in [0.3, 0.4) is 0 Å². The van der Waals surface area contributed by atoms with E-state index in [1.54, 1.807) is 35.2 Å². The highest BCUT2D eigenvalue weighted by molar-refractivity contribution is 7.92. The van der Waals surface area contributed by atoms with Crippen LogP contribution in [0.1, 0.15) is 58.1 Å². The van der Waals surface area contributed by atoms with Crippen molar-refractivity contribution in [2.24, 2.45) is 5.92 Å². The lowest BCUT2D eigenvalue weighted by atomic mass is 10.1. The zero-order chi connectivity index (χ0) is 28.5. The van der Waals surface area contributed by atoms with E-state index in [-0.39, 0.29) is 37.2 Å². The van der Waals surface area contributed by atoms with E-state index in [0.717, 1.165) is 23.8 Å². The fraction of sp³-hybridized carbons (Fsp3) is 0.500. The molecule has 2 aromatic carbocycles. The summed E-state index contributed by atoms with van der Waals surface area (Å²) in [7, 11) is -3.55. The van der Waals surface area contributed by atoms with Crippen molar-refractivity contribution in [3.63, 3.8) is 0 Å². The number of anilines is 1. The lowest BCUT2D eigenvalue weighted by molar-refractivity contribution is -0.141. The molecule has 2 aromatic rings. The molecule has 1 atom stereocenters. The molecule has 1 N–H and O–H groups in total. The largest absolute Gasteiger partial charge is 0.354 e. The molecule has 0 saturated heterocycles. The Morgan fingerprint density at radius 1 is 0.974 bits per heavy atom. The van der Waals surface area contributed by atoms with Crippen LogP contribution in [0.25, 0.3) is 0 Å². The number of carbonyl (C=O) groups is 2. The van der Waals surface area contributed by atoms with Crippen LogP contribution in [0.4, 0.5) is 5.69 Å². The maximum absolute atomic E-state index is 13.5. The standard InChI is InChI=1S/C28H39Cl2N3O4S/c1-6-21-10-13-23(14-11-21)33(38(5,36)37)16-8-9-27(34)32(19-22-12-15-24(29)25(30)17-22)26(7-2)28(35)31-18-20(3)4/h10-15,17,20,26H,6-9,16,18-19H2,1-5H3,(H,31,35). The molecule has 10 heteroatoms. The monoisotopic (exact) mass is 583 g/mol. The van der Waals surface area contributed by atoms with Gasteiger partial charge in [0.15, 0.2) is 0 Å². The number of hydrogen-bond donors (Lipinski definition) is 1. The number of aryl methyl sites for hydroxylation is 1. The van der Waals surface area contributed by atoms with Gasteiger partial charge in [-0.25, -0.2) is 8.42 Å². The van der Waals surface area contributed by atoms with Gasteiger partial charge in [0.25, 0.3) is 0 Å². The summed E-state index contributed by atoms with van der Waals surface area (Å²) in [6, 6.07) is 11.8. The van der Waals surface area contributed by atoms with E-state index >= 15 is 0 Å². The van der Waals surface area contributed by atoms with Crippen molar-refractivity contribution >= 4 is 50.7 Å². The van der Waals surface area contributed by atoms with Crippen LogP contribution in [-0.4, -0.2) is 50.5 Å². The van der Waals surface area contributed by atoms with E-state index < -0.39 is 16.1 Å². The van der Waals surface area contributed by atoms with Gasteiger partial charge in [0, 0.05) is 26.1 Å². The van der Waals surface area contributed by atoms with E-state index in [1.807, 2.05) is 39.8 Å². The second-order valence-corrected chi connectivity index (χ2v) is 12.5. The van der Waals surface area contributed by atoms with E-state index in [4.69, 9.17) is 23.2 Å². The highest BCUT2D eigenvalue weighted by Crippen LogP contribution is 2.25. The molecule has 2 rings (SSSR count). The first-order chi connectivity index (χ1) is 17.9. The molecule has 38 heavy (non-hydrogen) atoms. The van der Waals surface area contributed by atoms with Crippen LogP contribution in [0.5, 0.6) is 0 Å². The molecule has 0 aliphatic rings. The number of amides is 2. The zero-order valence-electron chi connectivity index (χ0n) is 22.8. The Morgan fingerprint density at radius 2 is 1.61 bits per heavy atom. The quantitative estimate of drug-likeness (QED) is 0.310. The van der Waals surface area contributed by atoms with Crippen LogP contribution in [0, 0.1) is 5.92 Å². The van der Waals surface area contributed by atoms with Crippen molar-refractivity contribution in [3.05, 3.63) is 63.6 Å². The van der Waals surface area contributed by atoms with Crippen molar-refractivity contribution in [1.29, 1.82) is 0 Å². The van der Waals surface area contributed by atoms with Gasteiger partial charge in [0.05, 0.1) is 22.0 Å². The van der Waals surface area contributed by atoms with Crippen LogP contribution in [0.15, 0.2) is 42.5 Å². The van der Waals surface area contributed by atoms with E-state index in [9.17, 15) is 18.0 Å². The summed E-state index contributed by atoms with van der Waals surface area (Å²) in [5, 5.41) is 3.71. The first kappa shape index (κ1) is 31.9. The zero-order valence-corrected chi connectivity index (χ0v) is 25.2. The van der Waals surface area contributed by atoms with Crippen LogP contribution in [-0.2, 0) is 32.6 Å². The number of nitrogens with zero attached hydrogens (tertiary/aromatic N) is 2. The van der Waals surface area contributed by atoms with E-state index in [1.165, 1.54) is 4.31 Å². The SMILES string of the molecule is CCc1ccc(N(CCCC(=O)N(Cc2ccc(Cl)c(Cl)c2)C(CC)C(=O)NCC(C)C)S(C)(=O)=O)cc1. The molecule has 0 aliphatic carbocycles. The average molecular weight is 585 g/mol. The number of halogens is 2. The Bertz CT molecular complexity index is 1190. The number of benzene rings is 2. The lowest BCUT2D eigenvalue weighted by Gasteiger charge is -2.31. The van der Waals surface area contributed by atoms with Gasteiger partial charge in [-0.05, 0) is 60.6 Å². The van der Waals surface area contributed by atoms with Crippen molar-refractivity contribution in [3.8, 4) is 0 Å². The molecule has 210 valence electrons. The summed E-state index contributed by atoms with van der Waals surface area (Å²) in [4.78, 5) is 28.1. The molecule has 7 nitrogen and oxygen atoms in total. The van der Waals surface area contributed by atoms with Gasteiger partial charge in [0.2, 0.25) is 21.8 Å². The maximum Gasteiger partial charge on any atom is 0.242 e.